The smallest absolute Gasteiger partial charge is 0.373 e. The molecule has 0 aliphatic heterocycles. The van der Waals surface area contributed by atoms with Gasteiger partial charge in [-0.15, -0.1) is 0 Å². The van der Waals surface area contributed by atoms with Crippen molar-refractivity contribution in [3.05, 3.63) is 94.2 Å². The van der Waals surface area contributed by atoms with Crippen LogP contribution in [0.25, 0.3) is 21.9 Å². The number of carbonyl (C=O) groups excluding carboxylic acids is 1. The minimum absolute atomic E-state index is 0.0887. The van der Waals surface area contributed by atoms with Gasteiger partial charge < -0.3 is 14.9 Å². The van der Waals surface area contributed by atoms with E-state index in [9.17, 15) is 32.3 Å². The van der Waals surface area contributed by atoms with Crippen LogP contribution >= 0.6 is 0 Å². The van der Waals surface area contributed by atoms with Gasteiger partial charge in [0, 0.05) is 17.5 Å². The molecule has 1 heterocycles. The Balaban J connectivity index is 1.73. The number of nitrogens with one attached hydrogen (secondary N) is 1. The zero-order valence-corrected chi connectivity index (χ0v) is 20.7. The molecule has 1 aromatic heterocycles. The lowest BCUT2D eigenvalue weighted by atomic mass is 9.72. The third-order valence-corrected chi connectivity index (χ3v) is 6.49. The second-order valence-corrected chi connectivity index (χ2v) is 9.74. The summed E-state index contributed by atoms with van der Waals surface area (Å²) in [5.74, 6) is -2.39. The third-order valence-electron chi connectivity index (χ3n) is 6.49. The van der Waals surface area contributed by atoms with Crippen molar-refractivity contribution >= 4 is 22.4 Å². The number of alkyl halides is 3. The number of fused-ring (bicyclic) bond motifs is 1. The summed E-state index contributed by atoms with van der Waals surface area (Å²) in [6, 6.07) is 16.2. The summed E-state index contributed by atoms with van der Waals surface area (Å²) in [6.07, 6.45) is -6.47. The lowest BCUT2D eigenvalue weighted by Crippen LogP contribution is -2.57. The van der Waals surface area contributed by atoms with Crippen LogP contribution in [0.4, 0.5) is 23.2 Å². The van der Waals surface area contributed by atoms with Crippen LogP contribution < -0.4 is 10.9 Å². The molecule has 0 aliphatic carbocycles. The van der Waals surface area contributed by atoms with Crippen LogP contribution in [0.2, 0.25) is 0 Å². The van der Waals surface area contributed by atoms with Crippen LogP contribution in [0.5, 0.6) is 0 Å². The standard InChI is InChI=1S/C28H24F4N2O4/c1-16-22-14-19(10-12-21(22)24(35)38-34-16)33-25(36)27(37,28(30,31)32)15-26(2,3)23-13-18(29)9-11-20(23)17-7-5-4-6-8-17/h4-14,37H,15H2,1-3H3,(H,33,36). The minimum Gasteiger partial charge on any atom is -0.373 e. The normalized spacial score (nSPS) is 13.8. The molecule has 1 unspecified atom stereocenters. The number of aromatic nitrogens is 1. The summed E-state index contributed by atoms with van der Waals surface area (Å²) < 4.78 is 61.9. The van der Waals surface area contributed by atoms with Crippen molar-refractivity contribution in [2.24, 2.45) is 0 Å². The number of halogens is 4. The zero-order valence-electron chi connectivity index (χ0n) is 20.7. The molecule has 0 bridgehead atoms. The van der Waals surface area contributed by atoms with Gasteiger partial charge in [-0.2, -0.15) is 13.2 Å². The molecule has 4 rings (SSSR count). The van der Waals surface area contributed by atoms with E-state index in [4.69, 9.17) is 0 Å². The van der Waals surface area contributed by atoms with E-state index in [1.54, 1.807) is 30.3 Å². The van der Waals surface area contributed by atoms with Gasteiger partial charge in [-0.1, -0.05) is 55.4 Å². The topological polar surface area (TPSA) is 92.4 Å². The molecule has 0 saturated carbocycles. The van der Waals surface area contributed by atoms with E-state index in [1.165, 1.54) is 51.1 Å². The van der Waals surface area contributed by atoms with Crippen molar-refractivity contribution in [2.45, 2.75) is 44.4 Å². The van der Waals surface area contributed by atoms with Crippen LogP contribution in [0.3, 0.4) is 0 Å². The van der Waals surface area contributed by atoms with Crippen molar-refractivity contribution < 1.29 is 32.0 Å². The summed E-state index contributed by atoms with van der Waals surface area (Å²) in [7, 11) is 0. The van der Waals surface area contributed by atoms with E-state index in [1.807, 2.05) is 0 Å². The number of hydrogen-bond donors (Lipinski definition) is 2. The van der Waals surface area contributed by atoms with Crippen molar-refractivity contribution in [1.29, 1.82) is 0 Å². The highest BCUT2D eigenvalue weighted by molar-refractivity contribution is 6.00. The fraction of sp³-hybridized carbons (Fsp3) is 0.250. The zero-order chi connectivity index (χ0) is 27.9. The van der Waals surface area contributed by atoms with Gasteiger partial charge in [-0.05, 0) is 59.4 Å². The Morgan fingerprint density at radius 2 is 1.68 bits per heavy atom. The molecular weight excluding hydrogens is 504 g/mol. The molecule has 0 radical (unpaired) electrons. The summed E-state index contributed by atoms with van der Waals surface area (Å²) in [6.45, 7) is 4.33. The summed E-state index contributed by atoms with van der Waals surface area (Å²) in [5, 5.41) is 17.0. The Hall–Kier alpha value is -4.05. The van der Waals surface area contributed by atoms with Crippen LogP contribution in [0.15, 0.2) is 76.0 Å². The van der Waals surface area contributed by atoms with Gasteiger partial charge in [0.15, 0.2) is 0 Å². The molecule has 1 atom stereocenters. The largest absolute Gasteiger partial charge is 0.426 e. The molecule has 3 aromatic carbocycles. The van der Waals surface area contributed by atoms with Gasteiger partial charge >= 0.3 is 11.8 Å². The van der Waals surface area contributed by atoms with Crippen LogP contribution in [0, 0.1) is 12.7 Å². The Morgan fingerprint density at radius 3 is 2.34 bits per heavy atom. The number of benzene rings is 3. The predicted octanol–water partition coefficient (Wildman–Crippen LogP) is 5.90. The number of nitrogens with zero attached hydrogens (tertiary/aromatic N) is 1. The number of aliphatic hydroxyl groups is 1. The van der Waals surface area contributed by atoms with E-state index in [0.29, 0.717) is 11.1 Å². The molecule has 10 heteroatoms. The summed E-state index contributed by atoms with van der Waals surface area (Å²) >= 11 is 0. The second kappa shape index (κ2) is 9.68. The molecular formula is C28H24F4N2O4. The number of carbonyl (C=O) groups is 1. The molecule has 2 N–H and O–H groups in total. The molecule has 198 valence electrons. The molecule has 38 heavy (non-hydrogen) atoms. The highest BCUT2D eigenvalue weighted by Gasteiger charge is 2.61. The number of rotatable bonds is 6. The van der Waals surface area contributed by atoms with Gasteiger partial charge in [0.25, 0.3) is 5.91 Å². The highest BCUT2D eigenvalue weighted by atomic mass is 19.4. The average Bonchev–Trinajstić information content (AvgIpc) is 2.86. The molecule has 6 nitrogen and oxygen atoms in total. The van der Waals surface area contributed by atoms with Crippen molar-refractivity contribution in [1.82, 2.24) is 5.16 Å². The quantitative estimate of drug-likeness (QED) is 0.304. The maximum Gasteiger partial charge on any atom is 0.426 e. The van der Waals surface area contributed by atoms with E-state index in [2.05, 4.69) is 15.0 Å². The fourth-order valence-corrected chi connectivity index (χ4v) is 4.53. The average molecular weight is 529 g/mol. The first kappa shape index (κ1) is 27.0. The van der Waals surface area contributed by atoms with Gasteiger partial charge in [0.05, 0.1) is 11.1 Å². The lowest BCUT2D eigenvalue weighted by molar-refractivity contribution is -0.254. The number of anilines is 1. The first-order valence-corrected chi connectivity index (χ1v) is 11.6. The lowest BCUT2D eigenvalue weighted by Gasteiger charge is -2.37. The SMILES string of the molecule is Cc1noc(=O)c2ccc(NC(=O)C(O)(CC(C)(C)c3cc(F)ccc3-c3ccccc3)C(F)(F)F)cc12. The Kier molecular flexibility index (Phi) is 6.88. The second-order valence-electron chi connectivity index (χ2n) is 9.74. The van der Waals surface area contributed by atoms with Crippen molar-refractivity contribution in [2.75, 3.05) is 5.32 Å². The molecule has 0 saturated heterocycles. The summed E-state index contributed by atoms with van der Waals surface area (Å²) in [4.78, 5) is 24.9. The maximum atomic E-state index is 14.3. The number of amides is 1. The van der Waals surface area contributed by atoms with Crippen LogP contribution in [-0.4, -0.2) is 27.9 Å². The van der Waals surface area contributed by atoms with Crippen LogP contribution in [0.1, 0.15) is 31.5 Å². The van der Waals surface area contributed by atoms with Gasteiger partial charge in [0.1, 0.15) is 5.82 Å². The molecule has 0 spiro atoms. The number of hydrogen-bond acceptors (Lipinski definition) is 5. The first-order valence-electron chi connectivity index (χ1n) is 11.6. The van der Waals surface area contributed by atoms with Crippen molar-refractivity contribution in [3.8, 4) is 11.1 Å². The minimum atomic E-state index is -5.37. The van der Waals surface area contributed by atoms with Gasteiger partial charge in [-0.3, -0.25) is 4.79 Å². The van der Waals surface area contributed by atoms with E-state index in [0.717, 1.165) is 6.07 Å². The first-order chi connectivity index (χ1) is 17.7. The van der Waals surface area contributed by atoms with Gasteiger partial charge in [-0.25, -0.2) is 9.18 Å². The maximum absolute atomic E-state index is 14.3. The predicted molar refractivity (Wildman–Crippen MR) is 134 cm³/mol. The third kappa shape index (κ3) is 5.04. The molecule has 0 aliphatic rings. The number of aryl methyl sites for hydroxylation is 1. The highest BCUT2D eigenvalue weighted by Crippen LogP contribution is 2.44. The summed E-state index contributed by atoms with van der Waals surface area (Å²) in [5.41, 5.74) is -4.61. The van der Waals surface area contributed by atoms with Crippen LogP contribution in [-0.2, 0) is 10.2 Å². The van der Waals surface area contributed by atoms with E-state index in [-0.39, 0.29) is 27.7 Å². The molecule has 1 amide bonds. The Labute approximate surface area is 214 Å². The monoisotopic (exact) mass is 528 g/mol. The van der Waals surface area contributed by atoms with E-state index < -0.39 is 41.0 Å². The Bertz CT molecular complexity index is 1570. The van der Waals surface area contributed by atoms with Gasteiger partial charge in [0.2, 0.25) is 5.60 Å². The van der Waals surface area contributed by atoms with Crippen molar-refractivity contribution in [3.63, 3.8) is 0 Å². The molecule has 4 aromatic rings. The fourth-order valence-electron chi connectivity index (χ4n) is 4.53. The molecule has 0 fully saturated rings. The Morgan fingerprint density at radius 1 is 1.00 bits per heavy atom. The van der Waals surface area contributed by atoms with E-state index >= 15 is 0 Å².